The van der Waals surface area contributed by atoms with Crippen LogP contribution in [0, 0.1) is 0 Å². The second-order valence-electron chi connectivity index (χ2n) is 8.18. The highest BCUT2D eigenvalue weighted by molar-refractivity contribution is 6.02. The summed E-state index contributed by atoms with van der Waals surface area (Å²) in [4.78, 5) is 28.6. The van der Waals surface area contributed by atoms with E-state index in [0.29, 0.717) is 0 Å². The molecule has 3 aromatic rings. The topological polar surface area (TPSA) is 57.5 Å². The third-order valence-corrected chi connectivity index (χ3v) is 6.44. The number of aromatic nitrogens is 3. The molecule has 2 aliphatic heterocycles. The molecule has 2 aliphatic rings. The minimum atomic E-state index is 0.181. The van der Waals surface area contributed by atoms with E-state index in [4.69, 9.17) is 0 Å². The van der Waals surface area contributed by atoms with E-state index in [1.54, 1.807) is 12.4 Å². The molecule has 7 heteroatoms. The summed E-state index contributed by atoms with van der Waals surface area (Å²) in [7, 11) is 2.01. The number of carbonyl (C=O) groups is 1. The minimum absolute atomic E-state index is 0.181. The maximum atomic E-state index is 13.2. The third-order valence-electron chi connectivity index (χ3n) is 6.44. The van der Waals surface area contributed by atoms with Crippen molar-refractivity contribution in [2.75, 3.05) is 50.7 Å². The second-order valence-corrected chi connectivity index (χ2v) is 8.18. The standard InChI is InChI=1S/C23H28N6O/c1-26-20-7-3-2-6-18(20)19-8-13-28(22(30)21(19)26)12-5-11-27-14-16-29(17-15-27)23-24-9-4-10-25-23/h2-4,6-7,9-10H,5,8,11-17H2,1H3. The van der Waals surface area contributed by atoms with Crippen molar-refractivity contribution in [1.82, 2.24) is 24.3 Å². The number of anilines is 1. The Hall–Kier alpha value is -2.93. The monoisotopic (exact) mass is 404 g/mol. The Bertz CT molecular complexity index is 1040. The molecule has 30 heavy (non-hydrogen) atoms. The lowest BCUT2D eigenvalue weighted by atomic mass is 10.0. The number of fused-ring (bicyclic) bond motifs is 3. The molecular formula is C23H28N6O. The Labute approximate surface area is 176 Å². The lowest BCUT2D eigenvalue weighted by Gasteiger charge is -2.35. The van der Waals surface area contributed by atoms with Crippen LogP contribution in [0.2, 0.25) is 0 Å². The molecule has 1 amide bonds. The van der Waals surface area contributed by atoms with Crippen molar-refractivity contribution < 1.29 is 4.79 Å². The van der Waals surface area contributed by atoms with Crippen molar-refractivity contribution in [3.63, 3.8) is 0 Å². The zero-order chi connectivity index (χ0) is 20.5. The largest absolute Gasteiger partial charge is 0.339 e. The van der Waals surface area contributed by atoms with Crippen LogP contribution in [0.5, 0.6) is 0 Å². The molecule has 1 aromatic carbocycles. The van der Waals surface area contributed by atoms with E-state index < -0.39 is 0 Å². The maximum Gasteiger partial charge on any atom is 0.270 e. The summed E-state index contributed by atoms with van der Waals surface area (Å²) in [5.41, 5.74) is 3.24. The fourth-order valence-electron chi connectivity index (χ4n) is 4.82. The average molecular weight is 405 g/mol. The van der Waals surface area contributed by atoms with Crippen molar-refractivity contribution in [3.8, 4) is 0 Å². The summed E-state index contributed by atoms with van der Waals surface area (Å²) < 4.78 is 2.07. The van der Waals surface area contributed by atoms with Crippen molar-refractivity contribution in [2.24, 2.45) is 7.05 Å². The summed E-state index contributed by atoms with van der Waals surface area (Å²) >= 11 is 0. The number of aryl methyl sites for hydroxylation is 1. The molecule has 156 valence electrons. The molecule has 1 fully saturated rings. The third kappa shape index (κ3) is 3.43. The smallest absolute Gasteiger partial charge is 0.270 e. The van der Waals surface area contributed by atoms with E-state index in [9.17, 15) is 4.79 Å². The Kier molecular flexibility index (Phi) is 5.12. The molecule has 0 unspecified atom stereocenters. The number of carbonyl (C=O) groups excluding carboxylic acids is 1. The highest BCUT2D eigenvalue weighted by Gasteiger charge is 2.29. The normalized spacial score (nSPS) is 17.6. The van der Waals surface area contributed by atoms with Gasteiger partial charge < -0.3 is 14.4 Å². The van der Waals surface area contributed by atoms with Gasteiger partial charge in [-0.05, 0) is 37.1 Å². The molecule has 1 saturated heterocycles. The molecule has 0 aliphatic carbocycles. The van der Waals surface area contributed by atoms with Gasteiger partial charge >= 0.3 is 0 Å². The van der Waals surface area contributed by atoms with Crippen molar-refractivity contribution in [3.05, 3.63) is 54.0 Å². The van der Waals surface area contributed by atoms with Crippen LogP contribution in [0.1, 0.15) is 22.5 Å². The van der Waals surface area contributed by atoms with E-state index >= 15 is 0 Å². The molecule has 0 N–H and O–H groups in total. The Balaban J connectivity index is 1.15. The highest BCUT2D eigenvalue weighted by Crippen LogP contribution is 2.29. The van der Waals surface area contributed by atoms with Crippen LogP contribution in [0.4, 0.5) is 5.95 Å². The fourth-order valence-corrected chi connectivity index (χ4v) is 4.82. The van der Waals surface area contributed by atoms with E-state index in [1.807, 2.05) is 24.1 Å². The van der Waals surface area contributed by atoms with Crippen LogP contribution in [0.25, 0.3) is 10.9 Å². The number of benzene rings is 1. The summed E-state index contributed by atoms with van der Waals surface area (Å²) in [6.07, 6.45) is 5.54. The van der Waals surface area contributed by atoms with E-state index in [-0.39, 0.29) is 5.91 Å². The van der Waals surface area contributed by atoms with E-state index in [0.717, 1.165) is 75.8 Å². The van der Waals surface area contributed by atoms with Gasteiger partial charge in [-0.2, -0.15) is 0 Å². The number of piperazine rings is 1. The number of nitrogens with zero attached hydrogens (tertiary/aromatic N) is 6. The first kappa shape index (κ1) is 19.1. The maximum absolute atomic E-state index is 13.2. The fraction of sp³-hybridized carbons (Fsp3) is 0.435. The Morgan fingerprint density at radius 1 is 0.933 bits per heavy atom. The first-order valence-corrected chi connectivity index (χ1v) is 10.8. The number of rotatable bonds is 5. The van der Waals surface area contributed by atoms with Gasteiger partial charge in [0.2, 0.25) is 5.95 Å². The van der Waals surface area contributed by atoms with Gasteiger partial charge in [-0.15, -0.1) is 0 Å². The summed E-state index contributed by atoms with van der Waals surface area (Å²) in [5, 5.41) is 1.23. The Morgan fingerprint density at radius 3 is 2.50 bits per heavy atom. The summed E-state index contributed by atoms with van der Waals surface area (Å²) in [5.74, 6) is 1.00. The minimum Gasteiger partial charge on any atom is -0.339 e. The molecule has 0 bridgehead atoms. The van der Waals surface area contributed by atoms with Crippen molar-refractivity contribution >= 4 is 22.8 Å². The zero-order valence-electron chi connectivity index (χ0n) is 17.5. The first-order chi connectivity index (χ1) is 14.7. The molecule has 2 aromatic heterocycles. The van der Waals surface area contributed by atoms with Gasteiger partial charge in [0.1, 0.15) is 5.69 Å². The SMILES string of the molecule is Cn1c2c(c3ccccc31)CCN(CCCN1CCN(c3ncccn3)CC1)C2=O. The van der Waals surface area contributed by atoms with Crippen LogP contribution in [0.3, 0.4) is 0 Å². The lowest BCUT2D eigenvalue weighted by molar-refractivity contribution is 0.0721. The second kappa shape index (κ2) is 8.07. The molecule has 0 radical (unpaired) electrons. The van der Waals surface area contributed by atoms with Crippen LogP contribution < -0.4 is 4.90 Å². The lowest BCUT2D eigenvalue weighted by Crippen LogP contribution is -2.48. The van der Waals surface area contributed by atoms with Gasteiger partial charge in [0.05, 0.1) is 0 Å². The quantitative estimate of drug-likeness (QED) is 0.652. The van der Waals surface area contributed by atoms with Gasteiger partial charge in [-0.3, -0.25) is 9.69 Å². The predicted octanol–water partition coefficient (Wildman–Crippen LogP) is 2.18. The number of hydrogen-bond donors (Lipinski definition) is 0. The van der Waals surface area contributed by atoms with Gasteiger partial charge in [0.25, 0.3) is 5.91 Å². The summed E-state index contributed by atoms with van der Waals surface area (Å²) in [6, 6.07) is 10.2. The zero-order valence-corrected chi connectivity index (χ0v) is 17.5. The molecule has 0 atom stereocenters. The van der Waals surface area contributed by atoms with Gasteiger partial charge in [-0.25, -0.2) is 9.97 Å². The molecule has 0 saturated carbocycles. The predicted molar refractivity (Wildman–Crippen MR) is 118 cm³/mol. The van der Waals surface area contributed by atoms with Crippen LogP contribution in [-0.2, 0) is 13.5 Å². The van der Waals surface area contributed by atoms with E-state index in [2.05, 4.69) is 42.5 Å². The number of hydrogen-bond acceptors (Lipinski definition) is 5. The molecule has 5 rings (SSSR count). The summed E-state index contributed by atoms with van der Waals surface area (Å²) in [6.45, 7) is 6.59. The van der Waals surface area contributed by atoms with Gasteiger partial charge in [0.15, 0.2) is 0 Å². The molecular weight excluding hydrogens is 376 g/mol. The molecule has 4 heterocycles. The van der Waals surface area contributed by atoms with Gasteiger partial charge in [-0.1, -0.05) is 18.2 Å². The van der Waals surface area contributed by atoms with Crippen molar-refractivity contribution in [1.29, 1.82) is 0 Å². The Morgan fingerprint density at radius 2 is 1.70 bits per heavy atom. The first-order valence-electron chi connectivity index (χ1n) is 10.8. The molecule has 7 nitrogen and oxygen atoms in total. The highest BCUT2D eigenvalue weighted by atomic mass is 16.2. The number of amides is 1. The van der Waals surface area contributed by atoms with Crippen LogP contribution in [-0.4, -0.2) is 76.1 Å². The number of para-hydroxylation sites is 1. The van der Waals surface area contributed by atoms with Crippen LogP contribution >= 0.6 is 0 Å². The van der Waals surface area contributed by atoms with Crippen LogP contribution in [0.15, 0.2) is 42.7 Å². The average Bonchev–Trinajstić information content (AvgIpc) is 3.09. The molecule has 0 spiro atoms. The van der Waals surface area contributed by atoms with Gasteiger partial charge in [0, 0.05) is 69.6 Å². The van der Waals surface area contributed by atoms with E-state index in [1.165, 1.54) is 10.9 Å². The van der Waals surface area contributed by atoms with Crippen molar-refractivity contribution in [2.45, 2.75) is 12.8 Å².